The van der Waals surface area contributed by atoms with E-state index in [2.05, 4.69) is 11.4 Å². The number of anilines is 1. The molecule has 1 amide bonds. The van der Waals surface area contributed by atoms with E-state index in [1.807, 2.05) is 55.3 Å². The van der Waals surface area contributed by atoms with Crippen LogP contribution in [0.1, 0.15) is 18.2 Å². The van der Waals surface area contributed by atoms with Gasteiger partial charge in [0.2, 0.25) is 5.91 Å². The molecule has 1 atom stereocenters. The molecule has 0 radical (unpaired) electrons. The molecule has 1 heterocycles. The SMILES string of the molecule is C[C@@H](C(=O)Nc1ccccc1C#N)N(C)Cc1ccc(-c2ccc(Cl)cc2)o1. The third kappa shape index (κ3) is 4.61. The van der Waals surface area contributed by atoms with Crippen LogP contribution in [0.15, 0.2) is 65.1 Å². The second-order valence-electron chi connectivity index (χ2n) is 6.51. The first-order valence-corrected chi connectivity index (χ1v) is 9.20. The average Bonchev–Trinajstić information content (AvgIpc) is 3.16. The Labute approximate surface area is 169 Å². The van der Waals surface area contributed by atoms with E-state index < -0.39 is 6.04 Å². The van der Waals surface area contributed by atoms with Gasteiger partial charge in [0.25, 0.3) is 0 Å². The predicted molar refractivity (Wildman–Crippen MR) is 110 cm³/mol. The van der Waals surface area contributed by atoms with Gasteiger partial charge in [-0.15, -0.1) is 0 Å². The number of likely N-dealkylation sites (N-methyl/N-ethyl adjacent to an activating group) is 1. The second-order valence-corrected chi connectivity index (χ2v) is 6.95. The second kappa shape index (κ2) is 8.75. The Morgan fingerprint density at radius 3 is 2.61 bits per heavy atom. The number of halogens is 1. The van der Waals surface area contributed by atoms with Crippen molar-refractivity contribution in [3.05, 3.63) is 77.0 Å². The molecule has 0 spiro atoms. The molecule has 28 heavy (non-hydrogen) atoms. The zero-order valence-electron chi connectivity index (χ0n) is 15.6. The Morgan fingerprint density at radius 1 is 1.18 bits per heavy atom. The van der Waals surface area contributed by atoms with E-state index in [0.717, 1.165) is 17.1 Å². The van der Waals surface area contributed by atoms with Gasteiger partial charge in [-0.05, 0) is 62.5 Å². The van der Waals surface area contributed by atoms with Gasteiger partial charge in [-0.3, -0.25) is 9.69 Å². The monoisotopic (exact) mass is 393 g/mol. The summed E-state index contributed by atoms with van der Waals surface area (Å²) in [6.45, 7) is 2.29. The van der Waals surface area contributed by atoms with E-state index in [-0.39, 0.29) is 5.91 Å². The van der Waals surface area contributed by atoms with E-state index in [1.165, 1.54) is 0 Å². The van der Waals surface area contributed by atoms with Crippen LogP contribution in [0.2, 0.25) is 5.02 Å². The van der Waals surface area contributed by atoms with Gasteiger partial charge in [0.05, 0.1) is 23.8 Å². The van der Waals surface area contributed by atoms with E-state index in [9.17, 15) is 4.79 Å². The van der Waals surface area contributed by atoms with Crippen molar-refractivity contribution in [3.8, 4) is 17.4 Å². The smallest absolute Gasteiger partial charge is 0.241 e. The highest BCUT2D eigenvalue weighted by Gasteiger charge is 2.20. The highest BCUT2D eigenvalue weighted by molar-refractivity contribution is 6.30. The van der Waals surface area contributed by atoms with Crippen LogP contribution in [-0.4, -0.2) is 23.9 Å². The summed E-state index contributed by atoms with van der Waals surface area (Å²) in [7, 11) is 1.85. The molecule has 1 aromatic heterocycles. The fourth-order valence-electron chi connectivity index (χ4n) is 2.74. The number of rotatable bonds is 6. The molecule has 5 nitrogen and oxygen atoms in total. The van der Waals surface area contributed by atoms with Crippen molar-refractivity contribution in [1.29, 1.82) is 5.26 Å². The summed E-state index contributed by atoms with van der Waals surface area (Å²) >= 11 is 5.92. The number of para-hydroxylation sites is 1. The lowest BCUT2D eigenvalue weighted by Gasteiger charge is -2.23. The van der Waals surface area contributed by atoms with Gasteiger partial charge in [0.15, 0.2) is 0 Å². The molecule has 0 fully saturated rings. The number of nitrogens with zero attached hydrogens (tertiary/aromatic N) is 2. The summed E-state index contributed by atoms with van der Waals surface area (Å²) in [5.41, 5.74) is 1.89. The molecule has 0 bridgehead atoms. The van der Waals surface area contributed by atoms with Gasteiger partial charge in [-0.2, -0.15) is 5.26 Å². The molecule has 3 aromatic rings. The lowest BCUT2D eigenvalue weighted by atomic mass is 10.2. The molecular weight excluding hydrogens is 374 g/mol. The Bertz CT molecular complexity index is 1010. The summed E-state index contributed by atoms with van der Waals surface area (Å²) in [5, 5.41) is 12.6. The van der Waals surface area contributed by atoms with Crippen molar-refractivity contribution >= 4 is 23.2 Å². The maximum absolute atomic E-state index is 12.6. The topological polar surface area (TPSA) is 69.3 Å². The number of nitrogens with one attached hydrogen (secondary N) is 1. The third-order valence-electron chi connectivity index (χ3n) is 4.54. The Kier molecular flexibility index (Phi) is 6.15. The zero-order valence-corrected chi connectivity index (χ0v) is 16.4. The minimum absolute atomic E-state index is 0.185. The molecule has 0 aliphatic rings. The quantitative estimate of drug-likeness (QED) is 0.644. The summed E-state index contributed by atoms with van der Waals surface area (Å²) in [5.74, 6) is 1.32. The molecule has 0 aliphatic heterocycles. The summed E-state index contributed by atoms with van der Waals surface area (Å²) in [4.78, 5) is 14.4. The van der Waals surface area contributed by atoms with E-state index in [4.69, 9.17) is 21.3 Å². The minimum atomic E-state index is -0.407. The Hall–Kier alpha value is -3.07. The fraction of sp³-hybridized carbons (Fsp3) is 0.182. The van der Waals surface area contributed by atoms with E-state index in [0.29, 0.717) is 22.8 Å². The van der Waals surface area contributed by atoms with Gasteiger partial charge in [0.1, 0.15) is 17.6 Å². The van der Waals surface area contributed by atoms with Crippen LogP contribution < -0.4 is 5.32 Å². The van der Waals surface area contributed by atoms with E-state index in [1.54, 1.807) is 24.3 Å². The molecule has 6 heteroatoms. The van der Waals surface area contributed by atoms with Gasteiger partial charge in [0, 0.05) is 10.6 Å². The summed E-state index contributed by atoms with van der Waals surface area (Å²) < 4.78 is 5.91. The van der Waals surface area contributed by atoms with Crippen molar-refractivity contribution in [2.24, 2.45) is 0 Å². The summed E-state index contributed by atoms with van der Waals surface area (Å²) in [6, 6.07) is 19.8. The fourth-order valence-corrected chi connectivity index (χ4v) is 2.87. The molecule has 0 unspecified atom stereocenters. The third-order valence-corrected chi connectivity index (χ3v) is 4.79. The molecular formula is C22H20ClN3O2. The van der Waals surface area contributed by atoms with Gasteiger partial charge in [-0.25, -0.2) is 0 Å². The van der Waals surface area contributed by atoms with Gasteiger partial charge in [-0.1, -0.05) is 23.7 Å². The van der Waals surface area contributed by atoms with E-state index >= 15 is 0 Å². The number of benzene rings is 2. The maximum Gasteiger partial charge on any atom is 0.241 e. The van der Waals surface area contributed by atoms with Gasteiger partial charge < -0.3 is 9.73 Å². The maximum atomic E-state index is 12.6. The van der Waals surface area contributed by atoms with Crippen LogP contribution in [0.4, 0.5) is 5.69 Å². The van der Waals surface area contributed by atoms with Crippen molar-refractivity contribution in [2.45, 2.75) is 19.5 Å². The van der Waals surface area contributed by atoms with Crippen molar-refractivity contribution in [3.63, 3.8) is 0 Å². The first-order valence-electron chi connectivity index (χ1n) is 8.83. The number of hydrogen-bond acceptors (Lipinski definition) is 4. The van der Waals surface area contributed by atoms with Crippen LogP contribution in [0.25, 0.3) is 11.3 Å². The van der Waals surface area contributed by atoms with Crippen LogP contribution in [0, 0.1) is 11.3 Å². The predicted octanol–water partition coefficient (Wildman–Crippen LogP) is 4.93. The van der Waals surface area contributed by atoms with Crippen LogP contribution in [-0.2, 0) is 11.3 Å². The standard InChI is InChI=1S/C22H20ClN3O2/c1-15(22(27)25-20-6-4-3-5-17(20)13-24)26(2)14-19-11-12-21(28-19)16-7-9-18(23)10-8-16/h3-12,15H,14H2,1-2H3,(H,25,27)/t15-/m0/s1. The molecule has 142 valence electrons. The Morgan fingerprint density at radius 2 is 1.89 bits per heavy atom. The minimum Gasteiger partial charge on any atom is -0.460 e. The van der Waals surface area contributed by atoms with Crippen molar-refractivity contribution < 1.29 is 9.21 Å². The van der Waals surface area contributed by atoms with Crippen LogP contribution >= 0.6 is 11.6 Å². The number of amides is 1. The number of nitriles is 1. The molecule has 0 saturated heterocycles. The van der Waals surface area contributed by atoms with Crippen molar-refractivity contribution in [2.75, 3.05) is 12.4 Å². The number of carbonyl (C=O) groups is 1. The number of hydrogen-bond donors (Lipinski definition) is 1. The van der Waals surface area contributed by atoms with Crippen LogP contribution in [0.5, 0.6) is 0 Å². The largest absolute Gasteiger partial charge is 0.460 e. The lowest BCUT2D eigenvalue weighted by molar-refractivity contribution is -0.120. The number of carbonyl (C=O) groups excluding carboxylic acids is 1. The normalized spacial score (nSPS) is 11.8. The molecule has 3 rings (SSSR count). The van der Waals surface area contributed by atoms with Gasteiger partial charge >= 0.3 is 0 Å². The number of furan rings is 1. The molecule has 2 aromatic carbocycles. The molecule has 0 aliphatic carbocycles. The lowest BCUT2D eigenvalue weighted by Crippen LogP contribution is -2.39. The van der Waals surface area contributed by atoms with Crippen molar-refractivity contribution in [1.82, 2.24) is 4.90 Å². The Balaban J connectivity index is 1.64. The molecule has 0 saturated carbocycles. The average molecular weight is 394 g/mol. The first-order chi connectivity index (χ1) is 13.5. The summed E-state index contributed by atoms with van der Waals surface area (Å²) in [6.07, 6.45) is 0. The first kappa shape index (κ1) is 19.7. The molecule has 1 N–H and O–H groups in total. The highest BCUT2D eigenvalue weighted by atomic mass is 35.5. The van der Waals surface area contributed by atoms with Crippen LogP contribution in [0.3, 0.4) is 0 Å². The highest BCUT2D eigenvalue weighted by Crippen LogP contribution is 2.24. The zero-order chi connectivity index (χ0) is 20.1.